The number of hydrazone groups is 1. The zero-order valence-electron chi connectivity index (χ0n) is 19.0. The zero-order valence-corrected chi connectivity index (χ0v) is 19.0. The van der Waals surface area contributed by atoms with E-state index in [1.807, 2.05) is 30.3 Å². The van der Waals surface area contributed by atoms with E-state index in [2.05, 4.69) is 21.1 Å². The number of para-hydroxylation sites is 1. The van der Waals surface area contributed by atoms with Gasteiger partial charge in [-0.05, 0) is 43.3 Å². The van der Waals surface area contributed by atoms with Gasteiger partial charge in [0.05, 0.1) is 12.2 Å². The molecule has 2 aromatic rings. The Morgan fingerprint density at radius 1 is 1.00 bits per heavy atom. The molecular weight excluding hydrogens is 452 g/mol. The molecule has 180 valence electrons. The first-order valence-corrected chi connectivity index (χ1v) is 11.0. The number of hydrogen-bond donors (Lipinski definition) is 3. The summed E-state index contributed by atoms with van der Waals surface area (Å²) in [5, 5.41) is 13.8. The molecule has 0 bridgehead atoms. The van der Waals surface area contributed by atoms with Gasteiger partial charge in [0.15, 0.2) is 5.78 Å². The maximum atomic E-state index is 12.8. The number of ketones is 1. The third-order valence-corrected chi connectivity index (χ3v) is 5.59. The molecule has 1 unspecified atom stereocenters. The number of amides is 5. The monoisotopic (exact) mass is 476 g/mol. The van der Waals surface area contributed by atoms with Gasteiger partial charge in [-0.25, -0.2) is 4.79 Å². The highest BCUT2D eigenvalue weighted by atomic mass is 16.2. The van der Waals surface area contributed by atoms with Crippen molar-refractivity contribution in [2.45, 2.75) is 25.8 Å². The predicted octanol–water partition coefficient (Wildman–Crippen LogP) is 1.73. The Hall–Kier alpha value is -4.54. The van der Waals surface area contributed by atoms with Gasteiger partial charge in [0.1, 0.15) is 11.8 Å². The molecule has 2 aliphatic rings. The van der Waals surface area contributed by atoms with Gasteiger partial charge in [-0.15, -0.1) is 0 Å². The molecule has 4 rings (SSSR count). The molecular formula is C24H24N6O5. The zero-order chi connectivity index (χ0) is 24.9. The Labute approximate surface area is 201 Å². The number of Topliss-reactive ketones (excluding diaryl/α,β-unsaturated/α-hetero) is 1. The van der Waals surface area contributed by atoms with Gasteiger partial charge in [-0.3, -0.25) is 29.1 Å². The van der Waals surface area contributed by atoms with Crippen molar-refractivity contribution in [3.8, 4) is 0 Å². The van der Waals surface area contributed by atoms with Crippen LogP contribution in [0, 0.1) is 0 Å². The molecule has 2 aromatic carbocycles. The number of rotatable bonds is 8. The van der Waals surface area contributed by atoms with Crippen LogP contribution in [0.15, 0.2) is 59.7 Å². The highest BCUT2D eigenvalue weighted by Gasteiger charge is 2.34. The Morgan fingerprint density at radius 3 is 2.26 bits per heavy atom. The molecule has 11 nitrogen and oxygen atoms in total. The fourth-order valence-corrected chi connectivity index (χ4v) is 3.74. The molecule has 0 aliphatic carbocycles. The number of imide groups is 1. The van der Waals surface area contributed by atoms with Crippen molar-refractivity contribution in [3.05, 3.63) is 54.6 Å². The van der Waals surface area contributed by atoms with E-state index < -0.39 is 18.0 Å². The molecule has 1 saturated heterocycles. The SMILES string of the molecule is CC(=O)C1CC(C(=O)Nc2ccc(NC(=O)CCN3C(=O)CNC3=O)cc2)=NN1c1ccccc1. The highest BCUT2D eigenvalue weighted by molar-refractivity contribution is 6.44. The minimum Gasteiger partial charge on any atom is -0.329 e. The van der Waals surface area contributed by atoms with E-state index in [4.69, 9.17) is 0 Å². The lowest BCUT2D eigenvalue weighted by atomic mass is 10.1. The van der Waals surface area contributed by atoms with Crippen molar-refractivity contribution in [2.24, 2.45) is 5.10 Å². The number of carbonyl (C=O) groups excluding carboxylic acids is 5. The predicted molar refractivity (Wildman–Crippen MR) is 129 cm³/mol. The quantitative estimate of drug-likeness (QED) is 0.496. The van der Waals surface area contributed by atoms with Crippen molar-refractivity contribution in [1.82, 2.24) is 10.2 Å². The van der Waals surface area contributed by atoms with E-state index in [1.54, 1.807) is 29.3 Å². The van der Waals surface area contributed by atoms with Crippen molar-refractivity contribution < 1.29 is 24.0 Å². The lowest BCUT2D eigenvalue weighted by Crippen LogP contribution is -2.33. The fraction of sp³-hybridized carbons (Fsp3) is 0.250. The number of anilines is 3. The molecule has 0 radical (unpaired) electrons. The number of nitrogens with zero attached hydrogens (tertiary/aromatic N) is 3. The smallest absolute Gasteiger partial charge is 0.324 e. The second-order valence-electron chi connectivity index (χ2n) is 8.09. The van der Waals surface area contributed by atoms with Crippen LogP contribution in [0.5, 0.6) is 0 Å². The third-order valence-electron chi connectivity index (χ3n) is 5.59. The Balaban J connectivity index is 1.33. The van der Waals surface area contributed by atoms with E-state index in [9.17, 15) is 24.0 Å². The first-order valence-electron chi connectivity index (χ1n) is 11.0. The maximum absolute atomic E-state index is 12.8. The second kappa shape index (κ2) is 10.2. The first kappa shape index (κ1) is 23.6. The van der Waals surface area contributed by atoms with E-state index in [0.29, 0.717) is 11.4 Å². The summed E-state index contributed by atoms with van der Waals surface area (Å²) in [5.74, 6) is -1.22. The van der Waals surface area contributed by atoms with Crippen LogP contribution in [-0.2, 0) is 19.2 Å². The summed E-state index contributed by atoms with van der Waals surface area (Å²) in [4.78, 5) is 61.1. The lowest BCUT2D eigenvalue weighted by molar-refractivity contribution is -0.125. The van der Waals surface area contributed by atoms with Crippen LogP contribution in [0.25, 0.3) is 0 Å². The van der Waals surface area contributed by atoms with Crippen molar-refractivity contribution in [3.63, 3.8) is 0 Å². The molecule has 1 fully saturated rings. The van der Waals surface area contributed by atoms with Crippen LogP contribution in [0.4, 0.5) is 21.9 Å². The van der Waals surface area contributed by atoms with Crippen LogP contribution >= 0.6 is 0 Å². The minimum atomic E-state index is -0.544. The average Bonchev–Trinajstić information content (AvgIpc) is 3.43. The molecule has 5 amide bonds. The number of urea groups is 1. The minimum absolute atomic E-state index is 0.00594. The van der Waals surface area contributed by atoms with Crippen LogP contribution < -0.4 is 21.0 Å². The van der Waals surface area contributed by atoms with E-state index >= 15 is 0 Å². The van der Waals surface area contributed by atoms with Gasteiger partial charge in [-0.2, -0.15) is 5.10 Å². The van der Waals surface area contributed by atoms with Crippen LogP contribution in [0.2, 0.25) is 0 Å². The molecule has 2 heterocycles. The standard InChI is InChI=1S/C24H24N6O5/c1-15(31)20-13-19(28-30(20)18-5-3-2-4-6-18)23(34)27-17-9-7-16(8-10-17)26-21(32)11-12-29-22(33)14-25-24(29)35/h2-10,20H,11-14H2,1H3,(H,25,35)(H,26,32)(H,27,34). The summed E-state index contributed by atoms with van der Waals surface area (Å²) in [6.45, 7) is 1.41. The summed E-state index contributed by atoms with van der Waals surface area (Å²) >= 11 is 0. The van der Waals surface area contributed by atoms with Crippen LogP contribution in [-0.4, -0.2) is 59.3 Å². The molecule has 35 heavy (non-hydrogen) atoms. The van der Waals surface area contributed by atoms with Crippen molar-refractivity contribution >= 4 is 52.3 Å². The fourth-order valence-electron chi connectivity index (χ4n) is 3.74. The highest BCUT2D eigenvalue weighted by Crippen LogP contribution is 2.25. The number of hydrogen-bond acceptors (Lipinski definition) is 7. The maximum Gasteiger partial charge on any atom is 0.324 e. The summed E-state index contributed by atoms with van der Waals surface area (Å²) in [6, 6.07) is 14.6. The van der Waals surface area contributed by atoms with Gasteiger partial charge in [0.25, 0.3) is 5.91 Å². The molecule has 11 heteroatoms. The number of benzene rings is 2. The van der Waals surface area contributed by atoms with Gasteiger partial charge in [0, 0.05) is 30.8 Å². The molecule has 0 spiro atoms. The Morgan fingerprint density at radius 2 is 1.66 bits per heavy atom. The van der Waals surface area contributed by atoms with Gasteiger partial charge < -0.3 is 16.0 Å². The van der Waals surface area contributed by atoms with E-state index in [1.165, 1.54) is 6.92 Å². The first-order chi connectivity index (χ1) is 16.8. The molecule has 0 aromatic heterocycles. The summed E-state index contributed by atoms with van der Waals surface area (Å²) < 4.78 is 0. The van der Waals surface area contributed by atoms with Gasteiger partial charge in [-0.1, -0.05) is 18.2 Å². The summed E-state index contributed by atoms with van der Waals surface area (Å²) in [5.41, 5.74) is 1.96. The molecule has 3 N–H and O–H groups in total. The van der Waals surface area contributed by atoms with Gasteiger partial charge >= 0.3 is 6.03 Å². The Kier molecular flexibility index (Phi) is 6.86. The summed E-state index contributed by atoms with van der Waals surface area (Å²) in [6.07, 6.45) is 0.161. The van der Waals surface area contributed by atoms with Crippen LogP contribution in [0.1, 0.15) is 19.8 Å². The normalized spacial score (nSPS) is 17.2. The van der Waals surface area contributed by atoms with E-state index in [0.717, 1.165) is 10.6 Å². The number of nitrogens with one attached hydrogen (secondary N) is 3. The van der Waals surface area contributed by atoms with E-state index in [-0.39, 0.29) is 49.2 Å². The molecule has 2 aliphatic heterocycles. The Bertz CT molecular complexity index is 1180. The summed E-state index contributed by atoms with van der Waals surface area (Å²) in [7, 11) is 0. The lowest BCUT2D eigenvalue weighted by Gasteiger charge is -2.20. The largest absolute Gasteiger partial charge is 0.329 e. The van der Waals surface area contributed by atoms with Crippen molar-refractivity contribution in [1.29, 1.82) is 0 Å². The molecule has 1 atom stereocenters. The number of carbonyl (C=O) groups is 5. The van der Waals surface area contributed by atoms with Crippen molar-refractivity contribution in [2.75, 3.05) is 28.7 Å². The molecule has 0 saturated carbocycles. The van der Waals surface area contributed by atoms with Gasteiger partial charge in [0.2, 0.25) is 11.8 Å². The third kappa shape index (κ3) is 5.52. The second-order valence-corrected chi connectivity index (χ2v) is 8.09. The average molecular weight is 476 g/mol. The van der Waals surface area contributed by atoms with Crippen LogP contribution in [0.3, 0.4) is 0 Å². The topological polar surface area (TPSA) is 140 Å².